The molecule has 4 N–H and O–H groups in total. The van der Waals surface area contributed by atoms with Gasteiger partial charge in [0.05, 0.1) is 0 Å². The number of nitrogens with one attached hydrogen (secondary N) is 1. The Morgan fingerprint density at radius 2 is 2.08 bits per heavy atom. The third kappa shape index (κ3) is 1.59. The molecule has 1 aromatic rings. The van der Waals surface area contributed by atoms with Crippen molar-refractivity contribution in [1.82, 2.24) is 6.15 Å². The standard InChI is InChI=1S/C9H11N.CH4.H3N/c1-7-3-2-4-8-5-6-10-9(7)8;;/h2-4,10H,5-6H2,1H3;1H4;1H3. The van der Waals surface area contributed by atoms with Crippen LogP contribution in [-0.4, -0.2) is 6.54 Å². The van der Waals surface area contributed by atoms with E-state index in [9.17, 15) is 0 Å². The molecule has 0 unspecified atom stereocenters. The van der Waals surface area contributed by atoms with Gasteiger partial charge >= 0.3 is 0 Å². The lowest BCUT2D eigenvalue weighted by atomic mass is 10.1. The zero-order chi connectivity index (χ0) is 6.97. The Kier molecular flexibility index (Phi) is 3.77. The molecule has 0 saturated carbocycles. The average molecular weight is 166 g/mol. The van der Waals surface area contributed by atoms with Gasteiger partial charge in [-0.2, -0.15) is 0 Å². The van der Waals surface area contributed by atoms with Crippen LogP contribution in [-0.2, 0) is 6.42 Å². The van der Waals surface area contributed by atoms with Gasteiger partial charge in [0.2, 0.25) is 0 Å². The van der Waals surface area contributed by atoms with E-state index in [1.807, 2.05) is 0 Å². The summed E-state index contributed by atoms with van der Waals surface area (Å²) in [4.78, 5) is 0. The quantitative estimate of drug-likeness (QED) is 0.622. The predicted octanol–water partition coefficient (Wildman–Crippen LogP) is 2.76. The highest BCUT2D eigenvalue weighted by molar-refractivity contribution is 5.60. The fourth-order valence-corrected chi connectivity index (χ4v) is 1.51. The molecule has 1 aliphatic rings. The highest BCUT2D eigenvalue weighted by Crippen LogP contribution is 2.24. The Labute approximate surface area is 74.6 Å². The first kappa shape index (κ1) is 11.0. The molecule has 0 radical (unpaired) electrons. The van der Waals surface area contributed by atoms with Crippen molar-refractivity contribution in [2.45, 2.75) is 20.8 Å². The van der Waals surface area contributed by atoms with Gasteiger partial charge in [-0.15, -0.1) is 0 Å². The van der Waals surface area contributed by atoms with Crippen LogP contribution >= 0.6 is 0 Å². The summed E-state index contributed by atoms with van der Waals surface area (Å²) in [6.07, 6.45) is 1.19. The molecule has 1 aromatic carbocycles. The molecule has 0 atom stereocenters. The molecule has 0 aliphatic carbocycles. The smallest absolute Gasteiger partial charge is 0.0403 e. The third-order valence-electron chi connectivity index (χ3n) is 2.06. The second kappa shape index (κ2) is 4.12. The largest absolute Gasteiger partial charge is 0.384 e. The van der Waals surface area contributed by atoms with Crippen LogP contribution in [0, 0.1) is 6.92 Å². The lowest BCUT2D eigenvalue weighted by Gasteiger charge is -2.01. The molecule has 0 amide bonds. The summed E-state index contributed by atoms with van der Waals surface area (Å²) in [6.45, 7) is 3.26. The number of benzene rings is 1. The van der Waals surface area contributed by atoms with Gasteiger partial charge in [0.15, 0.2) is 0 Å². The maximum Gasteiger partial charge on any atom is 0.0403 e. The lowest BCUT2D eigenvalue weighted by molar-refractivity contribution is 1.11. The van der Waals surface area contributed by atoms with Crippen LogP contribution in [0.2, 0.25) is 0 Å². The lowest BCUT2D eigenvalue weighted by Crippen LogP contribution is -1.92. The van der Waals surface area contributed by atoms with Crippen LogP contribution in [0.5, 0.6) is 0 Å². The second-order valence-corrected chi connectivity index (χ2v) is 2.79. The highest BCUT2D eigenvalue weighted by atomic mass is 14.9. The van der Waals surface area contributed by atoms with E-state index in [-0.39, 0.29) is 13.6 Å². The van der Waals surface area contributed by atoms with Crippen molar-refractivity contribution < 1.29 is 0 Å². The minimum Gasteiger partial charge on any atom is -0.384 e. The first-order valence-corrected chi connectivity index (χ1v) is 3.70. The van der Waals surface area contributed by atoms with Gasteiger partial charge in [-0.3, -0.25) is 0 Å². The van der Waals surface area contributed by atoms with E-state index in [4.69, 9.17) is 0 Å². The van der Waals surface area contributed by atoms with E-state index in [2.05, 4.69) is 30.4 Å². The van der Waals surface area contributed by atoms with Crippen LogP contribution < -0.4 is 11.5 Å². The maximum absolute atomic E-state index is 3.37. The van der Waals surface area contributed by atoms with E-state index in [0.29, 0.717) is 0 Å². The normalized spacial score (nSPS) is 12.1. The molecule has 0 aromatic heterocycles. The SMILES string of the molecule is C.Cc1cccc2c1NCC2.N. The number of hydrogen-bond donors (Lipinski definition) is 2. The number of hydrogen-bond acceptors (Lipinski definition) is 2. The van der Waals surface area contributed by atoms with Gasteiger partial charge in [0, 0.05) is 12.2 Å². The Hall–Kier alpha value is -1.02. The van der Waals surface area contributed by atoms with E-state index >= 15 is 0 Å². The Morgan fingerprint density at radius 3 is 2.75 bits per heavy atom. The molecule has 0 bridgehead atoms. The molecule has 0 saturated heterocycles. The van der Waals surface area contributed by atoms with Gasteiger partial charge in [0.1, 0.15) is 0 Å². The zero-order valence-corrected chi connectivity index (χ0v) is 6.85. The third-order valence-corrected chi connectivity index (χ3v) is 2.06. The van der Waals surface area contributed by atoms with Crippen molar-refractivity contribution in [3.63, 3.8) is 0 Å². The number of para-hydroxylation sites is 1. The Bertz CT molecular complexity index is 256. The molecule has 12 heavy (non-hydrogen) atoms. The number of anilines is 1. The van der Waals surface area contributed by atoms with Crippen LogP contribution in [0.25, 0.3) is 0 Å². The molecule has 2 heteroatoms. The molecule has 1 aliphatic heterocycles. The highest BCUT2D eigenvalue weighted by Gasteiger charge is 2.09. The van der Waals surface area contributed by atoms with Crippen molar-refractivity contribution in [3.05, 3.63) is 29.3 Å². The summed E-state index contributed by atoms with van der Waals surface area (Å²) in [6, 6.07) is 6.47. The fraction of sp³-hybridized carbons (Fsp3) is 0.400. The number of aryl methyl sites for hydroxylation is 1. The molecule has 0 fully saturated rings. The zero-order valence-electron chi connectivity index (χ0n) is 6.85. The van der Waals surface area contributed by atoms with Crippen molar-refractivity contribution in [3.8, 4) is 0 Å². The maximum atomic E-state index is 3.37. The van der Waals surface area contributed by atoms with Gasteiger partial charge in [-0.1, -0.05) is 25.6 Å². The van der Waals surface area contributed by atoms with Gasteiger partial charge in [-0.25, -0.2) is 0 Å². The Balaban J connectivity index is 0.000000605. The van der Waals surface area contributed by atoms with Crippen molar-refractivity contribution in [1.29, 1.82) is 0 Å². The van der Waals surface area contributed by atoms with E-state index < -0.39 is 0 Å². The molecule has 2 rings (SSSR count). The molecule has 68 valence electrons. The molecular weight excluding hydrogens is 148 g/mol. The van der Waals surface area contributed by atoms with Gasteiger partial charge in [-0.05, 0) is 24.5 Å². The minimum absolute atomic E-state index is 0. The monoisotopic (exact) mass is 166 g/mol. The first-order valence-electron chi connectivity index (χ1n) is 3.70. The Morgan fingerprint density at radius 1 is 1.33 bits per heavy atom. The van der Waals surface area contributed by atoms with Crippen molar-refractivity contribution in [2.24, 2.45) is 0 Å². The summed E-state index contributed by atoms with van der Waals surface area (Å²) in [5.41, 5.74) is 4.21. The predicted molar refractivity (Wildman–Crippen MR) is 55.1 cm³/mol. The summed E-state index contributed by atoms with van der Waals surface area (Å²) < 4.78 is 0. The molecule has 1 heterocycles. The summed E-state index contributed by atoms with van der Waals surface area (Å²) in [7, 11) is 0. The van der Waals surface area contributed by atoms with Crippen molar-refractivity contribution >= 4 is 5.69 Å². The van der Waals surface area contributed by atoms with Crippen molar-refractivity contribution in [2.75, 3.05) is 11.9 Å². The van der Waals surface area contributed by atoms with Crippen LogP contribution in [0.4, 0.5) is 5.69 Å². The molecule has 0 spiro atoms. The minimum atomic E-state index is 0. The fourth-order valence-electron chi connectivity index (χ4n) is 1.51. The first-order chi connectivity index (χ1) is 4.88. The number of rotatable bonds is 0. The summed E-state index contributed by atoms with van der Waals surface area (Å²) in [5.74, 6) is 0. The topological polar surface area (TPSA) is 47.0 Å². The summed E-state index contributed by atoms with van der Waals surface area (Å²) in [5, 5.41) is 3.37. The van der Waals surface area contributed by atoms with Crippen LogP contribution in [0.1, 0.15) is 18.6 Å². The molecule has 2 nitrogen and oxygen atoms in total. The van der Waals surface area contributed by atoms with Gasteiger partial charge in [0.25, 0.3) is 0 Å². The average Bonchev–Trinajstić information content (AvgIpc) is 2.36. The summed E-state index contributed by atoms with van der Waals surface area (Å²) >= 11 is 0. The van der Waals surface area contributed by atoms with E-state index in [1.165, 1.54) is 23.2 Å². The van der Waals surface area contributed by atoms with Crippen LogP contribution in [0.3, 0.4) is 0 Å². The van der Waals surface area contributed by atoms with E-state index in [1.54, 1.807) is 0 Å². The second-order valence-electron chi connectivity index (χ2n) is 2.79. The number of fused-ring (bicyclic) bond motifs is 1. The van der Waals surface area contributed by atoms with Crippen LogP contribution in [0.15, 0.2) is 18.2 Å². The van der Waals surface area contributed by atoms with E-state index in [0.717, 1.165) is 6.54 Å². The van der Waals surface area contributed by atoms with Gasteiger partial charge < -0.3 is 11.5 Å². The molecular formula is C10H18N2.